The molecule has 7 atom stereocenters. The summed E-state index contributed by atoms with van der Waals surface area (Å²) in [6, 6.07) is 20.7. The number of esters is 1. The molecule has 0 aliphatic carbocycles. The summed E-state index contributed by atoms with van der Waals surface area (Å²) in [6.45, 7) is 19.6. The second-order valence-corrected chi connectivity index (χ2v) is 22.5. The second-order valence-electron chi connectivity index (χ2n) is 22.5. The number of hydrazine groups is 1. The predicted octanol–water partition coefficient (Wildman–Crippen LogP) is 7.67. The number of aromatic nitrogens is 2. The number of hydrogen-bond donors (Lipinski definition) is 3. The van der Waals surface area contributed by atoms with Gasteiger partial charge in [-0.3, -0.25) is 29.2 Å². The molecule has 3 amide bonds. The van der Waals surface area contributed by atoms with Gasteiger partial charge in [-0.15, -0.1) is 6.58 Å². The zero-order valence-corrected chi connectivity index (χ0v) is 46.2. The molecule has 16 heteroatoms. The van der Waals surface area contributed by atoms with Gasteiger partial charge in [0.15, 0.2) is 0 Å². The third kappa shape index (κ3) is 11.8. The fraction of sp³-hybridized carbons (Fsp3) is 0.492. The van der Waals surface area contributed by atoms with Gasteiger partial charge in [0.25, 0.3) is 5.91 Å². The molecule has 5 aromatic rings. The number of aryl methyl sites for hydroxylation is 1. The molecule has 3 saturated heterocycles. The summed E-state index contributed by atoms with van der Waals surface area (Å²) in [7, 11) is 5.48. The van der Waals surface area contributed by atoms with Crippen LogP contribution in [0.1, 0.15) is 88.3 Å². The van der Waals surface area contributed by atoms with E-state index in [1.807, 2.05) is 56.4 Å². The van der Waals surface area contributed by atoms with Gasteiger partial charge in [-0.1, -0.05) is 69.3 Å². The number of carbonyl (C=O) groups excluding carboxylic acids is 4. The van der Waals surface area contributed by atoms with Crippen molar-refractivity contribution in [2.24, 2.45) is 17.3 Å². The molecule has 2 aromatic heterocycles. The van der Waals surface area contributed by atoms with Crippen molar-refractivity contribution in [2.75, 3.05) is 78.6 Å². The van der Waals surface area contributed by atoms with Crippen LogP contribution in [-0.2, 0) is 52.8 Å². The van der Waals surface area contributed by atoms with Gasteiger partial charge in [-0.05, 0) is 111 Å². The summed E-state index contributed by atoms with van der Waals surface area (Å²) in [5.41, 5.74) is 11.7. The monoisotopic (exact) mass is 1050 g/mol. The topological polar surface area (TPSA) is 171 Å². The van der Waals surface area contributed by atoms with E-state index in [-0.39, 0.29) is 49.9 Å². The van der Waals surface area contributed by atoms with Crippen molar-refractivity contribution in [1.29, 1.82) is 0 Å². The van der Waals surface area contributed by atoms with E-state index in [0.717, 1.165) is 82.0 Å². The Bertz CT molecular complexity index is 2970. The van der Waals surface area contributed by atoms with E-state index in [1.54, 1.807) is 32.4 Å². The summed E-state index contributed by atoms with van der Waals surface area (Å²) in [5.74, 6) is -2.91. The molecule has 6 heterocycles. The van der Waals surface area contributed by atoms with Crippen molar-refractivity contribution in [1.82, 2.24) is 35.1 Å². The lowest BCUT2D eigenvalue weighted by molar-refractivity contribution is -0.155. The number of nitrogens with one attached hydrogen (secondary N) is 2. The highest BCUT2D eigenvalue weighted by Gasteiger charge is 2.42. The Hall–Kier alpha value is -6.59. The number of phenolic OH excluding ortho intramolecular Hbond substituents is 1. The number of piperazine rings is 1. The van der Waals surface area contributed by atoms with Gasteiger partial charge in [0, 0.05) is 94.3 Å². The Morgan fingerprint density at radius 1 is 1.01 bits per heavy atom. The van der Waals surface area contributed by atoms with Crippen LogP contribution in [0, 0.1) is 17.3 Å². The van der Waals surface area contributed by atoms with Crippen LogP contribution in [0.3, 0.4) is 0 Å². The van der Waals surface area contributed by atoms with Gasteiger partial charge in [0.1, 0.15) is 23.9 Å². The van der Waals surface area contributed by atoms with Gasteiger partial charge in [0.05, 0.1) is 48.5 Å². The lowest BCUT2D eigenvalue weighted by Crippen LogP contribution is -2.62. The molecule has 410 valence electrons. The summed E-state index contributed by atoms with van der Waals surface area (Å²) in [4.78, 5) is 70.2. The molecule has 3 aromatic carbocycles. The van der Waals surface area contributed by atoms with Gasteiger partial charge >= 0.3 is 5.97 Å². The van der Waals surface area contributed by atoms with Crippen LogP contribution in [0.2, 0.25) is 0 Å². The number of fused-ring (bicyclic) bond motifs is 6. The smallest absolute Gasteiger partial charge is 0.324 e. The first-order valence-electron chi connectivity index (χ1n) is 27.5. The summed E-state index contributed by atoms with van der Waals surface area (Å²) in [6.07, 6.45) is 5.39. The summed E-state index contributed by atoms with van der Waals surface area (Å²) >= 11 is 0. The number of aromatic hydroxyl groups is 1. The summed E-state index contributed by atoms with van der Waals surface area (Å²) < 4.78 is 20.5. The minimum absolute atomic E-state index is 0.00671. The number of nitrogens with zero attached hydrogens (tertiary/aromatic N) is 6. The second kappa shape index (κ2) is 23.6. The van der Waals surface area contributed by atoms with Crippen molar-refractivity contribution < 1.29 is 38.5 Å². The zero-order valence-electron chi connectivity index (χ0n) is 46.2. The molecule has 0 spiro atoms. The van der Waals surface area contributed by atoms with Crippen molar-refractivity contribution in [3.05, 3.63) is 114 Å². The fourth-order valence-electron chi connectivity index (χ4n) is 12.0. The Morgan fingerprint density at radius 2 is 1.78 bits per heavy atom. The third-order valence-electron chi connectivity index (χ3n) is 16.4. The number of cyclic esters (lactones) is 1. The standard InChI is InChI=1S/C61H78N8O8/c1-10-38(3)55(66(8)58(72)50-36-76-27-21-46(50)41-16-13-12-14-17-41)57(71)63-52-30-40-28-43(31-45(70)29-40)42-19-20-53-47(32-42)49(34-61(5,6)37-77-60(74)51-18-15-22-69(64-51)59(52)73)56(68(53)11-2)48-33-44(35-62-54(48)39(4)75-9)67-25-23-65(7)24-26-67/h10,12-14,16-17,19-20,28-29,31-33,35,38-39,46,50-52,55,64,70H,1,11,15,18,21-27,30,34,36-37H2,2-9H3,(H,63,71)/t38-,39+,46?,50?,51+,52+,55+/m1/s1. The zero-order chi connectivity index (χ0) is 54.7. The first-order chi connectivity index (χ1) is 37.0. The molecule has 6 bridgehead atoms. The highest BCUT2D eigenvalue weighted by atomic mass is 16.5. The minimum Gasteiger partial charge on any atom is -0.508 e. The third-order valence-corrected chi connectivity index (χ3v) is 16.4. The number of carbonyl (C=O) groups is 4. The number of anilines is 1. The van der Waals surface area contributed by atoms with Crippen LogP contribution in [0.15, 0.2) is 91.6 Å². The molecule has 0 saturated carbocycles. The number of benzene rings is 3. The maximum absolute atomic E-state index is 15.0. The average Bonchev–Trinajstić information content (AvgIpc) is 3.79. The van der Waals surface area contributed by atoms with E-state index in [1.165, 1.54) is 9.91 Å². The van der Waals surface area contributed by atoms with Gasteiger partial charge in [-0.25, -0.2) is 5.43 Å². The number of hydrogen-bond acceptors (Lipinski definition) is 12. The minimum atomic E-state index is -1.19. The van der Waals surface area contributed by atoms with Crippen LogP contribution >= 0.6 is 0 Å². The first kappa shape index (κ1) is 55.2. The van der Waals surface area contributed by atoms with Gasteiger partial charge in [-0.2, -0.15) is 0 Å². The first-order valence-corrected chi connectivity index (χ1v) is 27.5. The molecule has 4 aliphatic rings. The van der Waals surface area contributed by atoms with Crippen molar-refractivity contribution in [2.45, 2.75) is 103 Å². The van der Waals surface area contributed by atoms with E-state index in [4.69, 9.17) is 19.2 Å². The molecule has 3 fully saturated rings. The van der Waals surface area contributed by atoms with Crippen LogP contribution in [0.5, 0.6) is 5.75 Å². The maximum Gasteiger partial charge on any atom is 0.324 e. The average molecular weight is 1050 g/mol. The van der Waals surface area contributed by atoms with Crippen LogP contribution in [0.4, 0.5) is 5.69 Å². The number of amides is 3. The van der Waals surface area contributed by atoms with E-state index in [9.17, 15) is 19.5 Å². The predicted molar refractivity (Wildman–Crippen MR) is 299 cm³/mol. The SMILES string of the molecule is C=C[C@@H](C)[C@@H](C(=O)N[C@H]1Cc2cc(O)cc(c2)-c2ccc3c(c2)c(c(-c2cc(N4CCN(C)CC4)cnc2[C@H](C)OC)n3CC)CC(C)(C)COC(=O)[C@@H]2CCCN(N2)C1=O)N(C)C(=O)C1COCCC1c1ccccc1. The quantitative estimate of drug-likeness (QED) is 0.0825. The number of likely N-dealkylation sites (N-methyl/N-ethyl adjacent to an activating group) is 2. The lowest BCUT2D eigenvalue weighted by Gasteiger charge is -2.38. The van der Waals surface area contributed by atoms with Crippen LogP contribution < -0.4 is 15.6 Å². The maximum atomic E-state index is 15.0. The van der Waals surface area contributed by atoms with Crippen molar-refractivity contribution >= 4 is 40.3 Å². The summed E-state index contributed by atoms with van der Waals surface area (Å²) in [5, 5.41) is 17.0. The van der Waals surface area contributed by atoms with E-state index >= 15 is 4.79 Å². The Balaban J connectivity index is 1.13. The van der Waals surface area contributed by atoms with Crippen LogP contribution in [0.25, 0.3) is 33.3 Å². The molecule has 4 aliphatic heterocycles. The highest BCUT2D eigenvalue weighted by molar-refractivity contribution is 5.96. The van der Waals surface area contributed by atoms with Crippen LogP contribution in [-0.4, -0.2) is 145 Å². The largest absolute Gasteiger partial charge is 0.508 e. The molecule has 0 radical (unpaired) electrons. The molecule has 77 heavy (non-hydrogen) atoms. The molecule has 2 unspecified atom stereocenters. The number of rotatable bonds is 12. The number of pyridine rings is 1. The van der Waals surface area contributed by atoms with Gasteiger partial charge < -0.3 is 43.9 Å². The fourth-order valence-corrected chi connectivity index (χ4v) is 12.0. The number of phenols is 1. The Labute approximate surface area is 453 Å². The molecule has 3 N–H and O–H groups in total. The van der Waals surface area contributed by atoms with E-state index in [0.29, 0.717) is 44.4 Å². The molecular weight excluding hydrogens is 973 g/mol. The van der Waals surface area contributed by atoms with Gasteiger partial charge in [0.2, 0.25) is 11.8 Å². The molecule has 16 nitrogen and oxygen atoms in total. The number of methoxy groups -OCH3 is 1. The van der Waals surface area contributed by atoms with Crippen molar-refractivity contribution in [3.8, 4) is 28.1 Å². The normalized spacial score (nSPS) is 22.6. The Morgan fingerprint density at radius 3 is 2.51 bits per heavy atom. The molecular formula is C61H78N8O8. The molecule has 9 rings (SSSR count). The van der Waals surface area contributed by atoms with E-state index in [2.05, 4.69) is 83.8 Å². The van der Waals surface area contributed by atoms with Crippen molar-refractivity contribution in [3.63, 3.8) is 0 Å². The highest BCUT2D eigenvalue weighted by Crippen LogP contribution is 2.44. The lowest BCUT2D eigenvalue weighted by atomic mass is 9.81. The Kier molecular flexibility index (Phi) is 16.9. The van der Waals surface area contributed by atoms with E-state index < -0.39 is 53.2 Å². The number of ether oxygens (including phenoxy) is 3.